The Morgan fingerprint density at radius 2 is 2.17 bits per heavy atom. The van der Waals surface area contributed by atoms with Crippen LogP contribution in [-0.2, 0) is 21.4 Å². The number of nitrogens with one attached hydrogen (secondary N) is 2. The maximum Gasteiger partial charge on any atom is 0.239 e. The van der Waals surface area contributed by atoms with E-state index in [1.54, 1.807) is 16.2 Å². The van der Waals surface area contributed by atoms with Crippen molar-refractivity contribution in [3.63, 3.8) is 0 Å². The van der Waals surface area contributed by atoms with Gasteiger partial charge in [0.1, 0.15) is 5.75 Å². The fourth-order valence-corrected chi connectivity index (χ4v) is 4.79. The van der Waals surface area contributed by atoms with Gasteiger partial charge in [-0.3, -0.25) is 4.79 Å². The van der Waals surface area contributed by atoms with E-state index in [2.05, 4.69) is 10.0 Å². The smallest absolute Gasteiger partial charge is 0.239 e. The van der Waals surface area contributed by atoms with Crippen LogP contribution in [0.15, 0.2) is 16.8 Å². The third kappa shape index (κ3) is 4.29. The Balaban J connectivity index is 0.00000208. The maximum absolute atomic E-state index is 12.6. The second-order valence-corrected chi connectivity index (χ2v) is 9.16. The average molecular weight is 394 g/mol. The molecule has 0 aromatic carbocycles. The SMILES string of the molecule is CNS(=O)(=O)CC(=O)N(Cc1ccsc1)C1CC12CCNCC2.Cl. The second-order valence-electron chi connectivity index (χ2n) is 6.45. The summed E-state index contributed by atoms with van der Waals surface area (Å²) in [4.78, 5) is 14.4. The molecule has 1 aromatic rings. The van der Waals surface area contributed by atoms with Crippen molar-refractivity contribution in [2.24, 2.45) is 5.41 Å². The average Bonchev–Trinajstić information content (AvgIpc) is 2.97. The largest absolute Gasteiger partial charge is 0.334 e. The Kier molecular flexibility index (Phi) is 6.30. The first-order valence-electron chi connectivity index (χ1n) is 7.88. The highest BCUT2D eigenvalue weighted by molar-refractivity contribution is 7.90. The number of hydrogen-bond acceptors (Lipinski definition) is 5. The Morgan fingerprint density at radius 1 is 1.46 bits per heavy atom. The number of rotatable bonds is 6. The number of halogens is 1. The summed E-state index contributed by atoms with van der Waals surface area (Å²) >= 11 is 1.59. The molecule has 1 unspecified atom stereocenters. The molecule has 1 saturated heterocycles. The zero-order valence-electron chi connectivity index (χ0n) is 13.7. The first kappa shape index (κ1) is 19.7. The number of nitrogens with zero attached hydrogens (tertiary/aromatic N) is 1. The normalized spacial score (nSPS) is 22.0. The first-order valence-corrected chi connectivity index (χ1v) is 10.5. The van der Waals surface area contributed by atoms with Crippen molar-refractivity contribution in [3.8, 4) is 0 Å². The molecule has 1 amide bonds. The third-order valence-corrected chi connectivity index (χ3v) is 6.98. The fraction of sp³-hybridized carbons (Fsp3) is 0.667. The second kappa shape index (κ2) is 7.70. The van der Waals surface area contributed by atoms with Crippen molar-refractivity contribution in [3.05, 3.63) is 22.4 Å². The van der Waals surface area contributed by atoms with Crippen LogP contribution >= 0.6 is 23.7 Å². The molecule has 1 aliphatic heterocycles. The molecule has 2 heterocycles. The van der Waals surface area contributed by atoms with Gasteiger partial charge >= 0.3 is 0 Å². The van der Waals surface area contributed by atoms with Crippen molar-refractivity contribution in [2.45, 2.75) is 31.8 Å². The molecule has 2 fully saturated rings. The highest BCUT2D eigenvalue weighted by atomic mass is 35.5. The molecule has 24 heavy (non-hydrogen) atoms. The van der Waals surface area contributed by atoms with Crippen LogP contribution in [0.4, 0.5) is 0 Å². The van der Waals surface area contributed by atoms with Gasteiger partial charge in [0.15, 0.2) is 0 Å². The third-order valence-electron chi connectivity index (χ3n) is 5.00. The van der Waals surface area contributed by atoms with E-state index in [4.69, 9.17) is 0 Å². The summed E-state index contributed by atoms with van der Waals surface area (Å²) in [6, 6.07) is 2.17. The topological polar surface area (TPSA) is 78.5 Å². The van der Waals surface area contributed by atoms with Crippen molar-refractivity contribution >= 4 is 39.7 Å². The van der Waals surface area contributed by atoms with Crippen LogP contribution in [0.3, 0.4) is 0 Å². The highest BCUT2D eigenvalue weighted by Crippen LogP contribution is 2.56. The number of amides is 1. The molecule has 6 nitrogen and oxygen atoms in total. The summed E-state index contributed by atoms with van der Waals surface area (Å²) in [5.74, 6) is -0.774. The van der Waals surface area contributed by atoms with Gasteiger partial charge < -0.3 is 10.2 Å². The summed E-state index contributed by atoms with van der Waals surface area (Å²) in [5.41, 5.74) is 1.27. The summed E-state index contributed by atoms with van der Waals surface area (Å²) in [5, 5.41) is 7.35. The molecular formula is C15H24ClN3O3S2. The van der Waals surface area contributed by atoms with Crippen LogP contribution in [0, 0.1) is 5.41 Å². The van der Waals surface area contributed by atoms with Crippen molar-refractivity contribution in [2.75, 3.05) is 25.9 Å². The van der Waals surface area contributed by atoms with Gasteiger partial charge in [0, 0.05) is 12.6 Å². The highest BCUT2D eigenvalue weighted by Gasteiger charge is 2.57. The van der Waals surface area contributed by atoms with Gasteiger partial charge in [-0.15, -0.1) is 12.4 Å². The quantitative estimate of drug-likeness (QED) is 0.761. The minimum Gasteiger partial charge on any atom is -0.334 e. The molecule has 1 aliphatic carbocycles. The minimum atomic E-state index is -3.54. The number of piperidine rings is 1. The van der Waals surface area contributed by atoms with Gasteiger partial charge in [0.05, 0.1) is 0 Å². The van der Waals surface area contributed by atoms with E-state index >= 15 is 0 Å². The van der Waals surface area contributed by atoms with Gasteiger partial charge in [-0.1, -0.05) is 0 Å². The molecule has 9 heteroatoms. The molecule has 136 valence electrons. The van der Waals surface area contributed by atoms with Crippen LogP contribution in [0.5, 0.6) is 0 Å². The van der Waals surface area contributed by atoms with E-state index in [0.29, 0.717) is 6.54 Å². The molecule has 1 atom stereocenters. The first-order chi connectivity index (χ1) is 11.0. The number of carbonyl (C=O) groups is 1. The van der Waals surface area contributed by atoms with Gasteiger partial charge in [0.25, 0.3) is 0 Å². The molecule has 0 radical (unpaired) electrons. The van der Waals surface area contributed by atoms with Crippen molar-refractivity contribution in [1.29, 1.82) is 0 Å². The number of sulfonamides is 1. The van der Waals surface area contributed by atoms with Crippen molar-refractivity contribution < 1.29 is 13.2 Å². The van der Waals surface area contributed by atoms with E-state index in [1.165, 1.54) is 7.05 Å². The Morgan fingerprint density at radius 3 is 2.75 bits per heavy atom. The molecule has 2 N–H and O–H groups in total. The van der Waals surface area contributed by atoms with E-state index in [0.717, 1.165) is 37.9 Å². The molecule has 1 spiro atoms. The van der Waals surface area contributed by atoms with Crippen LogP contribution in [-0.4, -0.2) is 51.2 Å². The van der Waals surface area contributed by atoms with Gasteiger partial charge in [-0.05, 0) is 67.2 Å². The van der Waals surface area contributed by atoms with Crippen LogP contribution in [0.1, 0.15) is 24.8 Å². The summed E-state index contributed by atoms with van der Waals surface area (Å²) in [6.45, 7) is 2.46. The zero-order valence-corrected chi connectivity index (χ0v) is 16.1. The number of hydrogen-bond donors (Lipinski definition) is 2. The van der Waals surface area contributed by atoms with Crippen LogP contribution in [0.2, 0.25) is 0 Å². The van der Waals surface area contributed by atoms with Gasteiger partial charge in [0.2, 0.25) is 15.9 Å². The summed E-state index contributed by atoms with van der Waals surface area (Å²) in [7, 11) is -2.20. The number of carbonyl (C=O) groups excluding carboxylic acids is 1. The van der Waals surface area contributed by atoms with Gasteiger partial charge in [-0.25, -0.2) is 13.1 Å². The molecular weight excluding hydrogens is 370 g/mol. The molecule has 2 aliphatic rings. The molecule has 0 bridgehead atoms. The zero-order chi connectivity index (χ0) is 16.5. The van der Waals surface area contributed by atoms with Crippen LogP contribution < -0.4 is 10.0 Å². The monoisotopic (exact) mass is 393 g/mol. The number of thiophene rings is 1. The van der Waals surface area contributed by atoms with E-state index < -0.39 is 15.8 Å². The predicted octanol–water partition coefficient (Wildman–Crippen LogP) is 1.19. The lowest BCUT2D eigenvalue weighted by molar-refractivity contribution is -0.130. The lowest BCUT2D eigenvalue weighted by Gasteiger charge is -2.29. The maximum atomic E-state index is 12.6. The lowest BCUT2D eigenvalue weighted by atomic mass is 9.93. The summed E-state index contributed by atoms with van der Waals surface area (Å²) in [6.07, 6.45) is 3.11. The molecule has 3 rings (SSSR count). The van der Waals surface area contributed by atoms with E-state index in [1.807, 2.05) is 16.8 Å². The van der Waals surface area contributed by atoms with Crippen LogP contribution in [0.25, 0.3) is 0 Å². The predicted molar refractivity (Wildman–Crippen MR) is 97.9 cm³/mol. The van der Waals surface area contributed by atoms with Crippen molar-refractivity contribution in [1.82, 2.24) is 14.9 Å². The van der Waals surface area contributed by atoms with E-state index in [-0.39, 0.29) is 29.8 Å². The Bertz CT molecular complexity index is 658. The standard InChI is InChI=1S/C15H23N3O3S2.ClH/c1-16-23(20,21)11-14(19)18(9-12-2-7-22-10-12)13-8-15(13)3-5-17-6-4-15;/h2,7,10,13,16-17H,3-6,8-9,11H2,1H3;1H. The lowest BCUT2D eigenvalue weighted by Crippen LogP contribution is -2.42. The molecule has 1 saturated carbocycles. The van der Waals surface area contributed by atoms with Gasteiger partial charge in [-0.2, -0.15) is 11.3 Å². The summed E-state index contributed by atoms with van der Waals surface area (Å²) < 4.78 is 25.8. The minimum absolute atomic E-state index is 0. The van der Waals surface area contributed by atoms with E-state index in [9.17, 15) is 13.2 Å². The molecule has 1 aromatic heterocycles. The fourth-order valence-electron chi connectivity index (χ4n) is 3.50. The Labute approximate surface area is 153 Å². The Hall–Kier alpha value is -0.670.